The van der Waals surface area contributed by atoms with Crippen LogP contribution < -0.4 is 5.43 Å². The van der Waals surface area contributed by atoms with Crippen molar-refractivity contribution < 1.29 is 4.42 Å². The van der Waals surface area contributed by atoms with Crippen LogP contribution in [0.2, 0.25) is 0 Å². The summed E-state index contributed by atoms with van der Waals surface area (Å²) in [4.78, 5) is 13.3. The Kier molecular flexibility index (Phi) is 3.87. The van der Waals surface area contributed by atoms with E-state index in [0.29, 0.717) is 16.5 Å². The first-order valence-corrected chi connectivity index (χ1v) is 8.34. The first kappa shape index (κ1) is 16.5. The van der Waals surface area contributed by atoms with Crippen molar-refractivity contribution >= 4 is 11.0 Å². The highest BCUT2D eigenvalue weighted by Gasteiger charge is 2.18. The molecular weight excluding hydrogens is 296 g/mol. The van der Waals surface area contributed by atoms with Crippen molar-refractivity contribution in [3.8, 4) is 11.1 Å². The molecule has 0 aliphatic rings. The SMILES string of the molecule is Cc1ccc(-c2coc3c(C)c(C)c(C)c(C)c3c2=O)c(C)c1C. The summed E-state index contributed by atoms with van der Waals surface area (Å²) in [6.45, 7) is 14.4. The number of benzene rings is 2. The average molecular weight is 320 g/mol. The van der Waals surface area contributed by atoms with E-state index in [1.165, 1.54) is 22.3 Å². The zero-order valence-electron chi connectivity index (χ0n) is 15.5. The second-order valence-corrected chi connectivity index (χ2v) is 6.86. The molecule has 3 aromatic rings. The summed E-state index contributed by atoms with van der Waals surface area (Å²) in [6, 6.07) is 4.10. The molecule has 0 amide bonds. The maximum atomic E-state index is 13.3. The Morgan fingerprint density at radius 3 is 1.96 bits per heavy atom. The minimum Gasteiger partial charge on any atom is -0.463 e. The van der Waals surface area contributed by atoms with E-state index in [1.807, 2.05) is 19.9 Å². The van der Waals surface area contributed by atoms with Gasteiger partial charge in [0.2, 0.25) is 5.43 Å². The van der Waals surface area contributed by atoms with E-state index >= 15 is 0 Å². The first-order chi connectivity index (χ1) is 11.3. The standard InChI is InChI=1S/C22H24O2/c1-11-8-9-18(15(5)12(11)2)19-10-24-22-17(7)14(4)13(3)16(6)20(22)21(19)23/h8-10H,1-7H3. The predicted octanol–water partition coefficient (Wildman–Crippen LogP) is 5.62. The van der Waals surface area contributed by atoms with Crippen molar-refractivity contribution in [3.05, 3.63) is 67.6 Å². The van der Waals surface area contributed by atoms with Crippen LogP contribution in [-0.4, -0.2) is 0 Å². The molecule has 0 aliphatic carbocycles. The Balaban J connectivity index is 2.44. The zero-order valence-corrected chi connectivity index (χ0v) is 15.5. The summed E-state index contributed by atoms with van der Waals surface area (Å²) >= 11 is 0. The fourth-order valence-electron chi connectivity index (χ4n) is 3.44. The third-order valence-corrected chi connectivity index (χ3v) is 5.74. The number of rotatable bonds is 1. The molecule has 0 bridgehead atoms. The monoisotopic (exact) mass is 320 g/mol. The fourth-order valence-corrected chi connectivity index (χ4v) is 3.44. The molecule has 1 heterocycles. The maximum absolute atomic E-state index is 13.3. The highest BCUT2D eigenvalue weighted by Crippen LogP contribution is 2.31. The van der Waals surface area contributed by atoms with Gasteiger partial charge in [0.1, 0.15) is 11.8 Å². The highest BCUT2D eigenvalue weighted by atomic mass is 16.3. The molecule has 1 aromatic heterocycles. The van der Waals surface area contributed by atoms with Gasteiger partial charge in [0, 0.05) is 0 Å². The van der Waals surface area contributed by atoms with E-state index < -0.39 is 0 Å². The van der Waals surface area contributed by atoms with E-state index in [4.69, 9.17) is 4.42 Å². The van der Waals surface area contributed by atoms with Gasteiger partial charge in [0.25, 0.3) is 0 Å². The zero-order chi connectivity index (χ0) is 17.8. The summed E-state index contributed by atoms with van der Waals surface area (Å²) < 4.78 is 5.95. The van der Waals surface area contributed by atoms with Crippen molar-refractivity contribution in [2.24, 2.45) is 0 Å². The lowest BCUT2D eigenvalue weighted by atomic mass is 9.91. The number of hydrogen-bond acceptors (Lipinski definition) is 2. The minimum atomic E-state index is 0.0614. The van der Waals surface area contributed by atoms with Gasteiger partial charge in [-0.15, -0.1) is 0 Å². The van der Waals surface area contributed by atoms with Crippen molar-refractivity contribution in [3.63, 3.8) is 0 Å². The highest BCUT2D eigenvalue weighted by molar-refractivity contribution is 5.89. The maximum Gasteiger partial charge on any atom is 0.200 e. The van der Waals surface area contributed by atoms with Gasteiger partial charge in [-0.25, -0.2) is 0 Å². The molecule has 3 rings (SSSR count). The van der Waals surface area contributed by atoms with Gasteiger partial charge in [-0.2, -0.15) is 0 Å². The van der Waals surface area contributed by atoms with Crippen LogP contribution in [-0.2, 0) is 0 Å². The first-order valence-electron chi connectivity index (χ1n) is 8.34. The van der Waals surface area contributed by atoms with E-state index in [2.05, 4.69) is 40.7 Å². The number of hydrogen-bond donors (Lipinski definition) is 0. The van der Waals surface area contributed by atoms with Crippen LogP contribution in [0.15, 0.2) is 27.6 Å². The summed E-state index contributed by atoms with van der Waals surface area (Å²) in [5.41, 5.74) is 10.4. The van der Waals surface area contributed by atoms with Gasteiger partial charge in [-0.1, -0.05) is 12.1 Å². The predicted molar refractivity (Wildman–Crippen MR) is 101 cm³/mol. The Labute approximate surface area is 143 Å². The Morgan fingerprint density at radius 2 is 1.29 bits per heavy atom. The molecule has 0 unspecified atom stereocenters. The van der Waals surface area contributed by atoms with E-state index in [0.717, 1.165) is 22.3 Å². The van der Waals surface area contributed by atoms with Crippen molar-refractivity contribution in [1.29, 1.82) is 0 Å². The van der Waals surface area contributed by atoms with Crippen LogP contribution in [0, 0.1) is 48.5 Å². The molecule has 2 aromatic carbocycles. The number of aryl methyl sites for hydroxylation is 3. The summed E-state index contributed by atoms with van der Waals surface area (Å²) in [6.07, 6.45) is 1.63. The quantitative estimate of drug-likeness (QED) is 0.582. The van der Waals surface area contributed by atoms with E-state index in [1.54, 1.807) is 6.26 Å². The Hall–Kier alpha value is -2.35. The molecule has 0 atom stereocenters. The number of fused-ring (bicyclic) bond motifs is 1. The largest absolute Gasteiger partial charge is 0.463 e. The summed E-state index contributed by atoms with van der Waals surface area (Å²) in [5.74, 6) is 0. The molecular formula is C22H24O2. The molecule has 0 N–H and O–H groups in total. The Morgan fingerprint density at radius 1 is 0.667 bits per heavy atom. The van der Waals surface area contributed by atoms with E-state index in [9.17, 15) is 4.79 Å². The van der Waals surface area contributed by atoms with Gasteiger partial charge in [-0.3, -0.25) is 4.79 Å². The van der Waals surface area contributed by atoms with Crippen molar-refractivity contribution in [1.82, 2.24) is 0 Å². The van der Waals surface area contributed by atoms with E-state index in [-0.39, 0.29) is 5.43 Å². The molecule has 2 heteroatoms. The van der Waals surface area contributed by atoms with Gasteiger partial charge in [0.05, 0.1) is 10.9 Å². The van der Waals surface area contributed by atoms with Gasteiger partial charge >= 0.3 is 0 Å². The molecule has 0 radical (unpaired) electrons. The molecule has 0 fully saturated rings. The van der Waals surface area contributed by atoms with Crippen LogP contribution in [0.3, 0.4) is 0 Å². The van der Waals surface area contributed by atoms with Gasteiger partial charge in [-0.05, 0) is 93.0 Å². The van der Waals surface area contributed by atoms with Gasteiger partial charge in [0.15, 0.2) is 0 Å². The Bertz CT molecular complexity index is 1040. The summed E-state index contributed by atoms with van der Waals surface area (Å²) in [7, 11) is 0. The lowest BCUT2D eigenvalue weighted by Gasteiger charge is -2.15. The normalized spacial score (nSPS) is 11.3. The van der Waals surface area contributed by atoms with Crippen LogP contribution in [0.4, 0.5) is 0 Å². The van der Waals surface area contributed by atoms with Crippen molar-refractivity contribution in [2.75, 3.05) is 0 Å². The van der Waals surface area contributed by atoms with Gasteiger partial charge < -0.3 is 4.42 Å². The third-order valence-electron chi connectivity index (χ3n) is 5.74. The second kappa shape index (κ2) is 5.62. The minimum absolute atomic E-state index is 0.0614. The van der Waals surface area contributed by atoms with Crippen LogP contribution in [0.1, 0.15) is 38.9 Å². The fraction of sp³-hybridized carbons (Fsp3) is 0.318. The summed E-state index contributed by atoms with van der Waals surface area (Å²) in [5, 5.41) is 0.714. The van der Waals surface area contributed by atoms with Crippen LogP contribution in [0.5, 0.6) is 0 Å². The molecule has 124 valence electrons. The molecule has 2 nitrogen and oxygen atoms in total. The lowest BCUT2D eigenvalue weighted by Crippen LogP contribution is -2.10. The molecule has 0 saturated carbocycles. The lowest BCUT2D eigenvalue weighted by molar-refractivity contribution is 0.601. The topological polar surface area (TPSA) is 30.2 Å². The smallest absolute Gasteiger partial charge is 0.200 e. The van der Waals surface area contributed by atoms with Crippen LogP contribution in [0.25, 0.3) is 22.1 Å². The van der Waals surface area contributed by atoms with Crippen LogP contribution >= 0.6 is 0 Å². The molecule has 0 aliphatic heterocycles. The third kappa shape index (κ3) is 2.21. The molecule has 0 saturated heterocycles. The average Bonchev–Trinajstić information content (AvgIpc) is 2.56. The molecule has 0 spiro atoms. The second-order valence-electron chi connectivity index (χ2n) is 6.86. The van der Waals surface area contributed by atoms with Crippen molar-refractivity contribution in [2.45, 2.75) is 48.5 Å². The molecule has 24 heavy (non-hydrogen) atoms.